The maximum atomic E-state index is 13.8. The first-order valence-electron chi connectivity index (χ1n) is 15.2. The van der Waals surface area contributed by atoms with Crippen LogP contribution in [0.3, 0.4) is 0 Å². The fourth-order valence-electron chi connectivity index (χ4n) is 6.12. The lowest BCUT2D eigenvalue weighted by molar-refractivity contribution is -0.122. The number of nitrogens with one attached hydrogen (secondary N) is 1. The van der Waals surface area contributed by atoms with Gasteiger partial charge in [-0.25, -0.2) is 18.2 Å². The number of hydrogen-bond acceptors (Lipinski definition) is 5. The smallest absolute Gasteiger partial charge is 0.251 e. The lowest BCUT2D eigenvalue weighted by Gasteiger charge is -2.33. The lowest BCUT2D eigenvalue weighted by atomic mass is 9.96. The molecule has 0 radical (unpaired) electrons. The fraction of sp³-hybridized carbons (Fsp3) is 0.250. The number of aromatic nitrogens is 1. The van der Waals surface area contributed by atoms with Crippen molar-refractivity contribution in [3.05, 3.63) is 108 Å². The highest BCUT2D eigenvalue weighted by molar-refractivity contribution is 7.80. The third kappa shape index (κ3) is 6.22. The molecular formula is C36H31F3N4O2S. The topological polar surface area (TPSA) is 84.4 Å². The van der Waals surface area contributed by atoms with Gasteiger partial charge < -0.3 is 20.4 Å². The summed E-state index contributed by atoms with van der Waals surface area (Å²) in [5.74, 6) is -1.96. The Labute approximate surface area is 269 Å². The number of anilines is 1. The van der Waals surface area contributed by atoms with E-state index in [9.17, 15) is 18.0 Å². The molecule has 3 aromatic carbocycles. The number of rotatable bonds is 7. The van der Waals surface area contributed by atoms with Crippen LogP contribution in [0.5, 0.6) is 0 Å². The van der Waals surface area contributed by atoms with E-state index in [0.717, 1.165) is 45.2 Å². The number of likely N-dealkylation sites (tertiary alicyclic amines) is 1. The number of hydrogen-bond donors (Lipinski definition) is 2. The Morgan fingerprint density at radius 3 is 2.39 bits per heavy atom. The van der Waals surface area contributed by atoms with Crippen molar-refractivity contribution in [1.82, 2.24) is 15.2 Å². The summed E-state index contributed by atoms with van der Waals surface area (Å²) in [5, 5.41) is 3.85. The number of fused-ring (bicyclic) bond motifs is 1. The highest BCUT2D eigenvalue weighted by Crippen LogP contribution is 2.47. The molecule has 234 valence electrons. The number of furan rings is 1. The molecule has 46 heavy (non-hydrogen) atoms. The number of piperidine rings is 1. The maximum Gasteiger partial charge on any atom is 0.251 e. The van der Waals surface area contributed by atoms with Crippen molar-refractivity contribution in [3.8, 4) is 22.3 Å². The van der Waals surface area contributed by atoms with Crippen LogP contribution in [0.4, 0.5) is 19.0 Å². The number of nitrogens with two attached hydrogens (primary N) is 1. The SMILES string of the molecule is Nc1ccc(C2CC2C(=O)NCc2cc3cc(-c4ccc(C(=S)N5CCC(F)(F)CC5)cc4)cc(-c4ccc(F)cc4)c3o2)cn1. The van der Waals surface area contributed by atoms with E-state index in [1.54, 1.807) is 24.4 Å². The van der Waals surface area contributed by atoms with Crippen LogP contribution in [0.25, 0.3) is 33.2 Å². The third-order valence-electron chi connectivity index (χ3n) is 8.87. The zero-order valence-electron chi connectivity index (χ0n) is 24.8. The van der Waals surface area contributed by atoms with Gasteiger partial charge in [-0.1, -0.05) is 54.7 Å². The van der Waals surface area contributed by atoms with E-state index in [2.05, 4.69) is 10.3 Å². The van der Waals surface area contributed by atoms with Crippen molar-refractivity contribution in [2.75, 3.05) is 18.8 Å². The molecular weight excluding hydrogens is 609 g/mol. The Balaban J connectivity index is 1.12. The molecule has 2 unspecified atom stereocenters. The molecule has 2 atom stereocenters. The molecule has 2 fully saturated rings. The normalized spacial score (nSPS) is 18.8. The highest BCUT2D eigenvalue weighted by atomic mass is 32.1. The Hall–Kier alpha value is -4.70. The number of alkyl halides is 2. The molecule has 5 aromatic rings. The second-order valence-corrected chi connectivity index (χ2v) is 12.5. The average molecular weight is 641 g/mol. The Morgan fingerprint density at radius 2 is 1.70 bits per heavy atom. The van der Waals surface area contributed by atoms with Gasteiger partial charge in [-0.2, -0.15) is 0 Å². The maximum absolute atomic E-state index is 13.8. The molecule has 1 amide bonds. The Kier molecular flexibility index (Phi) is 7.76. The molecule has 10 heteroatoms. The summed E-state index contributed by atoms with van der Waals surface area (Å²) in [4.78, 5) is 19.5. The second kappa shape index (κ2) is 11.9. The van der Waals surface area contributed by atoms with E-state index in [0.29, 0.717) is 22.1 Å². The minimum atomic E-state index is -2.63. The number of nitrogen functional groups attached to an aromatic ring is 1. The van der Waals surface area contributed by atoms with Crippen molar-refractivity contribution < 1.29 is 22.4 Å². The van der Waals surface area contributed by atoms with Crippen LogP contribution in [0.15, 0.2) is 89.5 Å². The van der Waals surface area contributed by atoms with E-state index in [1.807, 2.05) is 53.4 Å². The summed E-state index contributed by atoms with van der Waals surface area (Å²) in [7, 11) is 0. The van der Waals surface area contributed by atoms with Crippen molar-refractivity contribution >= 4 is 39.9 Å². The first kappa shape index (κ1) is 30.0. The second-order valence-electron chi connectivity index (χ2n) is 12.1. The van der Waals surface area contributed by atoms with Gasteiger partial charge in [0, 0.05) is 54.6 Å². The largest absolute Gasteiger partial charge is 0.459 e. The first-order valence-corrected chi connectivity index (χ1v) is 15.6. The zero-order chi connectivity index (χ0) is 32.0. The molecule has 1 aliphatic heterocycles. The van der Waals surface area contributed by atoms with E-state index in [4.69, 9.17) is 22.4 Å². The van der Waals surface area contributed by atoms with Gasteiger partial charge in [0.1, 0.15) is 28.0 Å². The predicted molar refractivity (Wildman–Crippen MR) is 176 cm³/mol. The average Bonchev–Trinajstić information content (AvgIpc) is 3.75. The van der Waals surface area contributed by atoms with Crippen LogP contribution >= 0.6 is 12.2 Å². The van der Waals surface area contributed by atoms with Gasteiger partial charge in [0.2, 0.25) is 5.91 Å². The third-order valence-corrected chi connectivity index (χ3v) is 9.37. The van der Waals surface area contributed by atoms with Gasteiger partial charge >= 0.3 is 0 Å². The Morgan fingerprint density at radius 1 is 0.978 bits per heavy atom. The van der Waals surface area contributed by atoms with E-state index in [-0.39, 0.29) is 56.0 Å². The molecule has 2 aliphatic rings. The number of amides is 1. The number of thiocarbonyl (C=S) groups is 1. The van der Waals surface area contributed by atoms with Gasteiger partial charge in [0.15, 0.2) is 0 Å². The minimum Gasteiger partial charge on any atom is -0.459 e. The number of carbonyl (C=O) groups excluding carboxylic acids is 1. The van der Waals surface area contributed by atoms with Gasteiger partial charge in [0.05, 0.1) is 6.54 Å². The van der Waals surface area contributed by atoms with Gasteiger partial charge in [-0.05, 0) is 71.0 Å². The van der Waals surface area contributed by atoms with Crippen LogP contribution in [-0.2, 0) is 11.3 Å². The van der Waals surface area contributed by atoms with Crippen LogP contribution in [0.2, 0.25) is 0 Å². The molecule has 3 N–H and O–H groups in total. The summed E-state index contributed by atoms with van der Waals surface area (Å²) < 4.78 is 47.4. The molecule has 0 spiro atoms. The van der Waals surface area contributed by atoms with E-state index < -0.39 is 5.92 Å². The number of nitrogens with zero attached hydrogens (tertiary/aromatic N) is 2. The van der Waals surface area contributed by atoms with Crippen molar-refractivity contribution in [1.29, 1.82) is 0 Å². The Bertz CT molecular complexity index is 1910. The summed E-state index contributed by atoms with van der Waals surface area (Å²) in [6.45, 7) is 0.690. The molecule has 0 bridgehead atoms. The number of benzene rings is 3. The van der Waals surface area contributed by atoms with Crippen LogP contribution in [0.1, 0.15) is 42.1 Å². The molecule has 6 nitrogen and oxygen atoms in total. The number of pyridine rings is 1. The van der Waals surface area contributed by atoms with Gasteiger partial charge in [0.25, 0.3) is 5.92 Å². The predicted octanol–water partition coefficient (Wildman–Crippen LogP) is 7.71. The number of carbonyl (C=O) groups is 1. The molecule has 1 saturated carbocycles. The monoisotopic (exact) mass is 640 g/mol. The zero-order valence-corrected chi connectivity index (χ0v) is 25.6. The molecule has 1 aliphatic carbocycles. The standard InChI is InChI=1S/C36H31F3N4O2S/c37-27-8-5-22(6-9-27)30-17-25(21-1-3-23(4-2-21)35(46)43-13-11-36(38,39)12-14-43)15-26-16-28(45-33(26)30)20-42-34(44)31-18-29(31)24-7-10-32(40)41-19-24/h1-10,15-17,19,29,31H,11-14,18,20H2,(H2,40,41)(H,42,44). The lowest BCUT2D eigenvalue weighted by Crippen LogP contribution is -2.42. The van der Waals surface area contributed by atoms with Crippen molar-refractivity contribution in [3.63, 3.8) is 0 Å². The van der Waals surface area contributed by atoms with Gasteiger partial charge in [-0.3, -0.25) is 4.79 Å². The highest BCUT2D eigenvalue weighted by Gasteiger charge is 2.44. The van der Waals surface area contributed by atoms with Crippen LogP contribution < -0.4 is 11.1 Å². The van der Waals surface area contributed by atoms with Crippen LogP contribution in [-0.4, -0.2) is 39.8 Å². The van der Waals surface area contributed by atoms with E-state index in [1.165, 1.54) is 12.1 Å². The number of halogens is 3. The molecule has 7 rings (SSSR count). The summed E-state index contributed by atoms with van der Waals surface area (Å²) in [6, 6.07) is 23.6. The quantitative estimate of drug-likeness (QED) is 0.177. The van der Waals surface area contributed by atoms with E-state index >= 15 is 0 Å². The van der Waals surface area contributed by atoms with Gasteiger partial charge in [-0.15, -0.1) is 0 Å². The molecule has 2 aromatic heterocycles. The minimum absolute atomic E-state index is 0.0435. The summed E-state index contributed by atoms with van der Waals surface area (Å²) >= 11 is 5.64. The summed E-state index contributed by atoms with van der Waals surface area (Å²) in [5.41, 5.74) is 11.5. The van der Waals surface area contributed by atoms with Crippen LogP contribution in [0, 0.1) is 11.7 Å². The molecule has 3 heterocycles. The van der Waals surface area contributed by atoms with Crippen molar-refractivity contribution in [2.24, 2.45) is 5.92 Å². The summed E-state index contributed by atoms with van der Waals surface area (Å²) in [6.07, 6.45) is 2.08. The molecule has 1 saturated heterocycles. The fourth-order valence-corrected chi connectivity index (χ4v) is 6.44. The first-order chi connectivity index (χ1) is 22.1. The van der Waals surface area contributed by atoms with Crippen molar-refractivity contribution in [2.45, 2.75) is 37.6 Å².